The van der Waals surface area contributed by atoms with Crippen LogP contribution < -0.4 is 0 Å². The van der Waals surface area contributed by atoms with E-state index < -0.39 is 0 Å². The third-order valence-corrected chi connectivity index (χ3v) is 4.29. The Balaban J connectivity index is 2.92. The molecule has 0 saturated heterocycles. The molecule has 0 heterocycles. The topological polar surface area (TPSA) is 0 Å². The van der Waals surface area contributed by atoms with E-state index in [-0.39, 0.29) is 0 Å². The summed E-state index contributed by atoms with van der Waals surface area (Å²) in [6.45, 7) is 2.29. The summed E-state index contributed by atoms with van der Waals surface area (Å²) in [6, 6.07) is 0. The molecule has 0 rings (SSSR count). The Hall–Kier alpha value is 0.170. The van der Waals surface area contributed by atoms with Crippen molar-refractivity contribution in [1.82, 2.24) is 0 Å². The maximum atomic E-state index is 4.07. The summed E-state index contributed by atoms with van der Waals surface area (Å²) >= 11 is 0. The predicted molar refractivity (Wildman–Crippen MR) is 95.6 cm³/mol. The third kappa shape index (κ3) is 18.2. The van der Waals surface area contributed by atoms with Gasteiger partial charge in [0.15, 0.2) is 0 Å². The molecule has 0 N–H and O–H groups in total. The number of hydrogen-bond donors (Lipinski definition) is 0. The Morgan fingerprint density at radius 2 is 0.900 bits per heavy atom. The summed E-state index contributed by atoms with van der Waals surface area (Å²) in [4.78, 5) is 0. The molecule has 0 saturated carbocycles. The minimum Gasteiger partial charge on any atom is -0.0834 e. The normalized spacial score (nSPS) is 11.5. The van der Waals surface area contributed by atoms with E-state index in [1.54, 1.807) is 0 Å². The van der Waals surface area contributed by atoms with Gasteiger partial charge in [-0.15, -0.1) is 0 Å². The molecule has 1 heteroatoms. The average molecular weight is 296 g/mol. The van der Waals surface area contributed by atoms with Crippen molar-refractivity contribution >= 4 is 9.24 Å². The van der Waals surface area contributed by atoms with Crippen molar-refractivity contribution in [3.63, 3.8) is 0 Å². The summed E-state index contributed by atoms with van der Waals surface area (Å²) in [5, 5.41) is 0. The van der Waals surface area contributed by atoms with Crippen LogP contribution in [0.15, 0.2) is 11.9 Å². The van der Waals surface area contributed by atoms with Crippen molar-refractivity contribution in [3.05, 3.63) is 11.9 Å². The number of rotatable bonds is 16. The lowest BCUT2D eigenvalue weighted by molar-refractivity contribution is 0.533. The Labute approximate surface area is 131 Å². The maximum Gasteiger partial charge on any atom is -0.0146 e. The van der Waals surface area contributed by atoms with Crippen LogP contribution in [0, 0.1) is 0 Å². The van der Waals surface area contributed by atoms with E-state index in [0.717, 1.165) is 0 Å². The first-order valence-corrected chi connectivity index (χ1v) is 9.72. The van der Waals surface area contributed by atoms with Crippen LogP contribution >= 0.6 is 9.24 Å². The molecule has 0 aliphatic carbocycles. The molecule has 118 valence electrons. The van der Waals surface area contributed by atoms with E-state index in [1.165, 1.54) is 103 Å². The van der Waals surface area contributed by atoms with E-state index in [9.17, 15) is 0 Å². The Morgan fingerprint density at radius 3 is 1.25 bits per heavy atom. The highest BCUT2D eigenvalue weighted by atomic mass is 31.0. The maximum absolute atomic E-state index is 4.07. The zero-order valence-electron chi connectivity index (χ0n) is 13.9. The third-order valence-electron chi connectivity index (χ3n) is 4.08. The van der Waals surface area contributed by atoms with E-state index in [0.29, 0.717) is 0 Å². The van der Waals surface area contributed by atoms with Gasteiger partial charge in [0.1, 0.15) is 0 Å². The van der Waals surface area contributed by atoms with Crippen molar-refractivity contribution in [2.45, 2.75) is 110 Å². The highest BCUT2D eigenvalue weighted by Crippen LogP contribution is 2.13. The van der Waals surface area contributed by atoms with Crippen LogP contribution in [0.2, 0.25) is 0 Å². The highest BCUT2D eigenvalue weighted by Gasteiger charge is 1.93. The Kier molecular flexibility index (Phi) is 19.3. The quantitative estimate of drug-likeness (QED) is 0.199. The number of unbranched alkanes of at least 4 members (excludes halogenated alkanes) is 15. The molecule has 0 aliphatic heterocycles. The van der Waals surface area contributed by atoms with Gasteiger partial charge in [-0.1, -0.05) is 109 Å². The smallest absolute Gasteiger partial charge is 0.0146 e. The fraction of sp³-hybridized carbons (Fsp3) is 0.895. The van der Waals surface area contributed by atoms with E-state index in [4.69, 9.17) is 0 Å². The van der Waals surface area contributed by atoms with E-state index in [1.807, 2.05) is 5.82 Å². The largest absolute Gasteiger partial charge is 0.0834 e. The molecular weight excluding hydrogens is 259 g/mol. The van der Waals surface area contributed by atoms with Gasteiger partial charge in [0.2, 0.25) is 0 Å². The summed E-state index contributed by atoms with van der Waals surface area (Å²) in [5.41, 5.74) is 0. The number of allylic oxidation sites excluding steroid dienone is 1. The standard InChI is InChI=1S/C19H37P/c1-2-3-4-5-6-7-8-9-10-11-12-13-14-15-16-17-18-19-20/h18-19H,2-17H2,1H3. The van der Waals surface area contributed by atoms with Crippen LogP contribution in [0.5, 0.6) is 0 Å². The van der Waals surface area contributed by atoms with Gasteiger partial charge in [0.25, 0.3) is 0 Å². The SMILES string of the molecule is CCCCCCCCCCCCCCCCCC=C[P]. The van der Waals surface area contributed by atoms with Gasteiger partial charge in [-0.05, 0) is 22.1 Å². The summed E-state index contributed by atoms with van der Waals surface area (Å²) in [5.74, 6) is 1.86. The second kappa shape index (κ2) is 19.2. The first-order valence-electron chi connectivity index (χ1n) is 9.21. The van der Waals surface area contributed by atoms with E-state index >= 15 is 0 Å². The second-order valence-electron chi connectivity index (χ2n) is 6.12. The van der Waals surface area contributed by atoms with Gasteiger partial charge in [-0.3, -0.25) is 0 Å². The first kappa shape index (κ1) is 20.2. The fourth-order valence-corrected chi connectivity index (χ4v) is 2.86. The van der Waals surface area contributed by atoms with Crippen molar-refractivity contribution in [2.75, 3.05) is 0 Å². The molecule has 0 amide bonds. The van der Waals surface area contributed by atoms with Crippen LogP contribution in [-0.2, 0) is 0 Å². The molecule has 0 atom stereocenters. The monoisotopic (exact) mass is 296 g/mol. The molecule has 0 aromatic heterocycles. The molecule has 0 bridgehead atoms. The summed E-state index contributed by atoms with van der Waals surface area (Å²) < 4.78 is 0. The van der Waals surface area contributed by atoms with Crippen LogP contribution in [-0.4, -0.2) is 0 Å². The van der Waals surface area contributed by atoms with Gasteiger partial charge in [0.05, 0.1) is 0 Å². The summed E-state index contributed by atoms with van der Waals surface area (Å²) in [6.07, 6.45) is 25.0. The minimum absolute atomic E-state index is 1.21. The molecule has 0 nitrogen and oxygen atoms in total. The second-order valence-corrected chi connectivity index (χ2v) is 6.42. The molecule has 2 radical (unpaired) electrons. The van der Waals surface area contributed by atoms with E-state index in [2.05, 4.69) is 22.2 Å². The molecule has 0 aromatic rings. The molecule has 0 spiro atoms. The number of hydrogen-bond acceptors (Lipinski definition) is 0. The molecule has 0 fully saturated rings. The van der Waals surface area contributed by atoms with Crippen LogP contribution in [0.3, 0.4) is 0 Å². The zero-order valence-corrected chi connectivity index (χ0v) is 14.8. The van der Waals surface area contributed by atoms with Crippen LogP contribution in [0.1, 0.15) is 110 Å². The van der Waals surface area contributed by atoms with Gasteiger partial charge in [-0.25, -0.2) is 0 Å². The molecule has 20 heavy (non-hydrogen) atoms. The predicted octanol–water partition coefficient (Wildman–Crippen LogP) is 8.17. The molecule has 0 aromatic carbocycles. The van der Waals surface area contributed by atoms with Gasteiger partial charge in [0, 0.05) is 0 Å². The lowest BCUT2D eigenvalue weighted by Crippen LogP contribution is -1.83. The van der Waals surface area contributed by atoms with Crippen molar-refractivity contribution in [1.29, 1.82) is 0 Å². The van der Waals surface area contributed by atoms with Gasteiger partial charge < -0.3 is 0 Å². The Bertz CT molecular complexity index is 186. The average Bonchev–Trinajstić information content (AvgIpc) is 2.47. The lowest BCUT2D eigenvalue weighted by Gasteiger charge is -2.03. The fourth-order valence-electron chi connectivity index (χ4n) is 2.71. The lowest BCUT2D eigenvalue weighted by atomic mass is 10.0. The van der Waals surface area contributed by atoms with Crippen LogP contribution in [0.25, 0.3) is 0 Å². The van der Waals surface area contributed by atoms with Crippen molar-refractivity contribution in [2.24, 2.45) is 0 Å². The van der Waals surface area contributed by atoms with Gasteiger partial charge >= 0.3 is 0 Å². The highest BCUT2D eigenvalue weighted by molar-refractivity contribution is 7.20. The summed E-state index contributed by atoms with van der Waals surface area (Å²) in [7, 11) is 4.07. The minimum atomic E-state index is 1.21. The van der Waals surface area contributed by atoms with Gasteiger partial charge in [-0.2, -0.15) is 0 Å². The molecule has 0 unspecified atom stereocenters. The van der Waals surface area contributed by atoms with Crippen molar-refractivity contribution in [3.8, 4) is 0 Å². The van der Waals surface area contributed by atoms with Crippen molar-refractivity contribution < 1.29 is 0 Å². The first-order chi connectivity index (χ1) is 9.91. The zero-order chi connectivity index (χ0) is 14.7. The van der Waals surface area contributed by atoms with Crippen LogP contribution in [0.4, 0.5) is 0 Å². The molecular formula is C19H37P. The molecule has 0 aliphatic rings. The Morgan fingerprint density at radius 1 is 0.550 bits per heavy atom.